The summed E-state index contributed by atoms with van der Waals surface area (Å²) >= 11 is 1.70. The fraction of sp³-hybridized carbons (Fsp3) is 0.727. The Bertz CT molecular complexity index is 893. The molecule has 0 radical (unpaired) electrons. The van der Waals surface area contributed by atoms with Crippen LogP contribution >= 0.6 is 11.3 Å². The van der Waals surface area contributed by atoms with Crippen LogP contribution in [-0.4, -0.2) is 75.7 Å². The Morgan fingerprint density at radius 2 is 1.94 bits per heavy atom. The number of ether oxygens (including phenoxy) is 1. The molecular formula is C22H33N5O3S. The first-order valence-electron chi connectivity index (χ1n) is 11.6. The van der Waals surface area contributed by atoms with E-state index in [0.717, 1.165) is 62.1 Å². The number of thiophene rings is 1. The first-order valence-corrected chi connectivity index (χ1v) is 12.4. The molecule has 9 heteroatoms. The molecule has 1 saturated heterocycles. The molecule has 170 valence electrons. The summed E-state index contributed by atoms with van der Waals surface area (Å²) in [6.45, 7) is 4.48. The number of aryl methyl sites for hydroxylation is 1. The third-order valence-corrected chi connectivity index (χ3v) is 8.38. The van der Waals surface area contributed by atoms with E-state index in [4.69, 9.17) is 10.5 Å². The van der Waals surface area contributed by atoms with Crippen LogP contribution in [0.4, 0.5) is 0 Å². The van der Waals surface area contributed by atoms with Crippen LogP contribution in [0.15, 0.2) is 6.33 Å². The molecule has 3 atom stereocenters. The van der Waals surface area contributed by atoms with E-state index in [0.29, 0.717) is 18.3 Å². The van der Waals surface area contributed by atoms with E-state index in [1.165, 1.54) is 23.3 Å². The molecule has 0 aromatic carbocycles. The fourth-order valence-electron chi connectivity index (χ4n) is 5.53. The zero-order valence-electron chi connectivity index (χ0n) is 17.9. The number of aliphatic hydroxyl groups is 2. The summed E-state index contributed by atoms with van der Waals surface area (Å²) in [4.78, 5) is 13.9. The van der Waals surface area contributed by atoms with Crippen molar-refractivity contribution >= 4 is 21.6 Å². The quantitative estimate of drug-likeness (QED) is 0.490. The molecule has 1 saturated carbocycles. The van der Waals surface area contributed by atoms with E-state index in [-0.39, 0.29) is 12.0 Å². The van der Waals surface area contributed by atoms with E-state index < -0.39 is 12.3 Å². The minimum absolute atomic E-state index is 0.147. The molecule has 2 aliphatic carbocycles. The number of rotatable bonds is 6. The molecule has 3 aliphatic rings. The minimum atomic E-state index is -1.22. The van der Waals surface area contributed by atoms with E-state index in [2.05, 4.69) is 20.2 Å². The van der Waals surface area contributed by atoms with Crippen LogP contribution in [0.25, 0.3) is 10.2 Å². The first-order chi connectivity index (χ1) is 15.1. The predicted octanol–water partition coefficient (Wildman–Crippen LogP) is 1.34. The molecule has 5 rings (SSSR count). The Balaban J connectivity index is 1.31. The molecule has 2 aromatic rings. The summed E-state index contributed by atoms with van der Waals surface area (Å²) in [5.74, 6) is 0.830. The molecule has 0 spiro atoms. The molecule has 1 unspecified atom stereocenters. The second-order valence-electron chi connectivity index (χ2n) is 9.16. The van der Waals surface area contributed by atoms with Crippen LogP contribution in [0.2, 0.25) is 0 Å². The maximum Gasteiger partial charge on any atom is 0.225 e. The van der Waals surface area contributed by atoms with Gasteiger partial charge < -0.3 is 26.0 Å². The number of hydrogen-bond acceptors (Lipinski definition) is 9. The van der Waals surface area contributed by atoms with Crippen LogP contribution in [0.3, 0.4) is 0 Å². The topological polar surface area (TPSA) is 117 Å². The Kier molecular flexibility index (Phi) is 6.41. The van der Waals surface area contributed by atoms with Crippen molar-refractivity contribution in [3.63, 3.8) is 0 Å². The fourth-order valence-corrected chi connectivity index (χ4v) is 6.76. The number of aliphatic hydroxyl groups excluding tert-OH is 2. The molecule has 0 bridgehead atoms. The molecule has 2 fully saturated rings. The zero-order chi connectivity index (χ0) is 21.4. The van der Waals surface area contributed by atoms with Gasteiger partial charge in [-0.05, 0) is 56.4 Å². The summed E-state index contributed by atoms with van der Waals surface area (Å²) in [5, 5.41) is 24.1. The average Bonchev–Trinajstić information content (AvgIpc) is 3.35. The summed E-state index contributed by atoms with van der Waals surface area (Å²) < 4.78 is 6.48. The number of aromatic nitrogens is 2. The maximum atomic E-state index is 10.1. The molecule has 0 amide bonds. The Morgan fingerprint density at radius 3 is 2.68 bits per heavy atom. The summed E-state index contributed by atoms with van der Waals surface area (Å²) in [5.41, 5.74) is 6.69. The second-order valence-corrected chi connectivity index (χ2v) is 10.2. The van der Waals surface area contributed by atoms with Crippen molar-refractivity contribution in [3.05, 3.63) is 16.8 Å². The lowest BCUT2D eigenvalue weighted by Crippen LogP contribution is -2.50. The third kappa shape index (κ3) is 4.44. The Hall–Kier alpha value is -1.36. The van der Waals surface area contributed by atoms with Crippen molar-refractivity contribution in [3.8, 4) is 5.88 Å². The van der Waals surface area contributed by atoms with E-state index >= 15 is 0 Å². The highest BCUT2D eigenvalue weighted by molar-refractivity contribution is 7.19. The van der Waals surface area contributed by atoms with Gasteiger partial charge in [-0.3, -0.25) is 4.90 Å². The van der Waals surface area contributed by atoms with Crippen LogP contribution in [-0.2, 0) is 6.42 Å². The summed E-state index contributed by atoms with van der Waals surface area (Å²) in [7, 11) is 0. The molecule has 31 heavy (non-hydrogen) atoms. The van der Waals surface area contributed by atoms with Gasteiger partial charge in [0.15, 0.2) is 0 Å². The van der Waals surface area contributed by atoms with Gasteiger partial charge in [0.1, 0.15) is 23.5 Å². The van der Waals surface area contributed by atoms with Gasteiger partial charge in [0.2, 0.25) is 5.88 Å². The van der Waals surface area contributed by atoms with Crippen molar-refractivity contribution in [1.29, 1.82) is 0 Å². The number of nitrogens with two attached hydrogens (primary N) is 1. The third-order valence-electron chi connectivity index (χ3n) is 7.21. The van der Waals surface area contributed by atoms with Crippen LogP contribution in [0, 0.1) is 0 Å². The van der Waals surface area contributed by atoms with Gasteiger partial charge in [-0.15, -0.1) is 11.3 Å². The lowest BCUT2D eigenvalue weighted by molar-refractivity contribution is 0.0146. The van der Waals surface area contributed by atoms with Gasteiger partial charge in [-0.2, -0.15) is 0 Å². The lowest BCUT2D eigenvalue weighted by Gasteiger charge is -2.39. The van der Waals surface area contributed by atoms with E-state index in [1.807, 2.05) is 0 Å². The van der Waals surface area contributed by atoms with Gasteiger partial charge in [0.25, 0.3) is 0 Å². The van der Waals surface area contributed by atoms with Crippen molar-refractivity contribution in [2.24, 2.45) is 5.73 Å². The van der Waals surface area contributed by atoms with Gasteiger partial charge >= 0.3 is 0 Å². The molecule has 2 aromatic heterocycles. The van der Waals surface area contributed by atoms with Crippen molar-refractivity contribution in [2.45, 2.75) is 75.3 Å². The zero-order valence-corrected chi connectivity index (χ0v) is 18.7. The van der Waals surface area contributed by atoms with Crippen LogP contribution in [0.1, 0.15) is 54.9 Å². The number of nitrogens with one attached hydrogen (secondary N) is 1. The highest BCUT2D eigenvalue weighted by Crippen LogP contribution is 2.47. The second kappa shape index (κ2) is 9.25. The average molecular weight is 448 g/mol. The van der Waals surface area contributed by atoms with E-state index in [9.17, 15) is 10.2 Å². The number of piperazine rings is 1. The van der Waals surface area contributed by atoms with Crippen molar-refractivity contribution < 1.29 is 14.9 Å². The van der Waals surface area contributed by atoms with Crippen molar-refractivity contribution in [2.75, 3.05) is 26.2 Å². The Morgan fingerprint density at radius 1 is 1.16 bits per heavy atom. The van der Waals surface area contributed by atoms with Crippen molar-refractivity contribution in [1.82, 2.24) is 20.2 Å². The highest BCUT2D eigenvalue weighted by atomic mass is 32.1. The minimum Gasteiger partial charge on any atom is -0.474 e. The van der Waals surface area contributed by atoms with E-state index in [1.54, 1.807) is 17.7 Å². The molecule has 1 aliphatic heterocycles. The first kappa shape index (κ1) is 21.5. The molecule has 8 nitrogen and oxygen atoms in total. The van der Waals surface area contributed by atoms with Crippen LogP contribution in [0.5, 0.6) is 5.88 Å². The van der Waals surface area contributed by atoms with Crippen LogP contribution < -0.4 is 15.8 Å². The van der Waals surface area contributed by atoms with Gasteiger partial charge in [-0.1, -0.05) is 0 Å². The SMILES string of the molecule is NC(O)[C@@H](O)C[C@H]1CCc2sc3ncnc(OC4CCC(N5CCNCC5)CC4)c3c21. The standard InChI is InChI=1S/C22H33N5O3S/c23-20(29)16(28)11-13-1-6-17-18(13)19-21(25-12-26-22(19)31-17)30-15-4-2-14(3-5-15)27-9-7-24-8-10-27/h12-16,20,24,28-29H,1-11,23H2/t13-,14?,15?,16+,20?/m1/s1. The Labute approximate surface area is 186 Å². The van der Waals surface area contributed by atoms with Gasteiger partial charge in [0, 0.05) is 37.1 Å². The predicted molar refractivity (Wildman–Crippen MR) is 120 cm³/mol. The number of nitrogens with zero attached hydrogens (tertiary/aromatic N) is 3. The summed E-state index contributed by atoms with van der Waals surface area (Å²) in [6.07, 6.45) is 6.43. The molecule has 3 heterocycles. The number of fused-ring (bicyclic) bond motifs is 3. The van der Waals surface area contributed by atoms with Gasteiger partial charge in [-0.25, -0.2) is 9.97 Å². The number of hydrogen-bond donors (Lipinski definition) is 4. The van der Waals surface area contributed by atoms with Gasteiger partial charge in [0.05, 0.1) is 11.5 Å². The maximum absolute atomic E-state index is 10.1. The monoisotopic (exact) mass is 447 g/mol. The highest BCUT2D eigenvalue weighted by Gasteiger charge is 2.33. The smallest absolute Gasteiger partial charge is 0.225 e. The largest absolute Gasteiger partial charge is 0.474 e. The lowest BCUT2D eigenvalue weighted by atomic mass is 9.91. The summed E-state index contributed by atoms with van der Waals surface area (Å²) in [6, 6.07) is 0.673. The molecular weight excluding hydrogens is 414 g/mol. The normalized spacial score (nSPS) is 29.1. The molecule has 5 N–H and O–H groups in total.